The van der Waals surface area contributed by atoms with Crippen LogP contribution in [0.2, 0.25) is 10.0 Å². The lowest BCUT2D eigenvalue weighted by Crippen LogP contribution is -2.28. The Morgan fingerprint density at radius 3 is 2.38 bits per heavy atom. The Morgan fingerprint density at radius 2 is 1.88 bits per heavy atom. The number of benzene rings is 1. The molecule has 0 saturated heterocycles. The van der Waals surface area contributed by atoms with Gasteiger partial charge in [0.05, 0.1) is 10.0 Å². The van der Waals surface area contributed by atoms with E-state index < -0.39 is 12.1 Å². The van der Waals surface area contributed by atoms with E-state index in [9.17, 15) is 18.0 Å². The molecular weight excluding hydrogens is 268 g/mol. The highest BCUT2D eigenvalue weighted by Gasteiger charge is 2.41. The summed E-state index contributed by atoms with van der Waals surface area (Å²) in [6.07, 6.45) is -5.04. The molecule has 1 aromatic carbocycles. The molecule has 7 heteroatoms. The molecule has 0 N–H and O–H groups in total. The van der Waals surface area contributed by atoms with E-state index in [4.69, 9.17) is 23.2 Å². The quantitative estimate of drug-likeness (QED) is 0.575. The topological polar surface area (TPSA) is 26.3 Å². The van der Waals surface area contributed by atoms with Crippen molar-refractivity contribution >= 4 is 29.2 Å². The second-order valence-corrected chi connectivity index (χ2v) is 3.66. The Balaban J connectivity index is 3.00. The summed E-state index contributed by atoms with van der Waals surface area (Å²) in [5, 5.41) is 0.222. The van der Waals surface area contributed by atoms with Crippen LogP contribution in [0.15, 0.2) is 12.1 Å². The number of hydrogen-bond donors (Lipinski definition) is 0. The molecule has 1 rings (SSSR count). The maximum Gasteiger partial charge on any atom is 0.491 e. The highest BCUT2D eigenvalue weighted by Crippen LogP contribution is 2.33. The number of carbonyl (C=O) groups excluding carboxylic acids is 1. The summed E-state index contributed by atoms with van der Waals surface area (Å²) in [6.45, 7) is 1.40. The van der Waals surface area contributed by atoms with Crippen molar-refractivity contribution in [1.29, 1.82) is 0 Å². The third-order valence-corrected chi connectivity index (χ3v) is 2.62. The van der Waals surface area contributed by atoms with Crippen molar-refractivity contribution in [2.45, 2.75) is 13.1 Å². The van der Waals surface area contributed by atoms with Gasteiger partial charge in [0.25, 0.3) is 0 Å². The molecule has 0 aromatic heterocycles. The fourth-order valence-electron chi connectivity index (χ4n) is 0.903. The molecule has 0 saturated carbocycles. The van der Waals surface area contributed by atoms with Gasteiger partial charge in [-0.15, -0.1) is 0 Å². The fourth-order valence-corrected chi connectivity index (χ4v) is 1.26. The van der Waals surface area contributed by atoms with Crippen LogP contribution in [0.1, 0.15) is 5.56 Å². The lowest BCUT2D eigenvalue weighted by Gasteiger charge is -2.10. The van der Waals surface area contributed by atoms with Crippen LogP contribution in [0, 0.1) is 6.92 Å². The van der Waals surface area contributed by atoms with Crippen molar-refractivity contribution in [2.24, 2.45) is 0 Å². The third-order valence-electron chi connectivity index (χ3n) is 1.72. The zero-order chi connectivity index (χ0) is 12.5. The minimum atomic E-state index is -5.04. The van der Waals surface area contributed by atoms with Gasteiger partial charge < -0.3 is 4.74 Å². The Bertz CT molecular complexity index is 429. The molecule has 0 amide bonds. The monoisotopic (exact) mass is 272 g/mol. The standard InChI is InChI=1S/C9H5Cl2F3O2/c1-4-6(3-2-5(10)7(4)11)16-8(15)9(12,13)14/h2-3H,1H3. The number of rotatable bonds is 1. The van der Waals surface area contributed by atoms with Gasteiger partial charge in [0.2, 0.25) is 0 Å². The van der Waals surface area contributed by atoms with Gasteiger partial charge >= 0.3 is 12.1 Å². The van der Waals surface area contributed by atoms with Gasteiger partial charge in [-0.05, 0) is 19.1 Å². The lowest BCUT2D eigenvalue weighted by molar-refractivity contribution is -0.189. The van der Waals surface area contributed by atoms with Crippen LogP contribution in [-0.2, 0) is 4.79 Å². The van der Waals surface area contributed by atoms with Gasteiger partial charge in [-0.25, -0.2) is 4.79 Å². The van der Waals surface area contributed by atoms with Gasteiger partial charge in [0, 0.05) is 5.56 Å². The highest BCUT2D eigenvalue weighted by molar-refractivity contribution is 6.42. The van der Waals surface area contributed by atoms with E-state index in [1.54, 1.807) is 0 Å². The smallest absolute Gasteiger partial charge is 0.420 e. The second kappa shape index (κ2) is 4.51. The van der Waals surface area contributed by atoms with E-state index >= 15 is 0 Å². The van der Waals surface area contributed by atoms with Crippen molar-refractivity contribution in [3.63, 3.8) is 0 Å². The molecule has 0 unspecified atom stereocenters. The molecule has 0 aliphatic rings. The molecule has 0 aliphatic carbocycles. The zero-order valence-electron chi connectivity index (χ0n) is 7.86. The average Bonchev–Trinajstić information content (AvgIpc) is 2.17. The van der Waals surface area contributed by atoms with Crippen LogP contribution in [-0.4, -0.2) is 12.1 Å². The van der Waals surface area contributed by atoms with Crippen molar-refractivity contribution in [1.82, 2.24) is 0 Å². The molecule has 0 aliphatic heterocycles. The molecule has 1 aromatic rings. The molecule has 2 nitrogen and oxygen atoms in total. The molecule has 16 heavy (non-hydrogen) atoms. The summed E-state index contributed by atoms with van der Waals surface area (Å²) in [5.74, 6) is -2.56. The zero-order valence-corrected chi connectivity index (χ0v) is 9.37. The summed E-state index contributed by atoms with van der Waals surface area (Å²) in [4.78, 5) is 10.6. The van der Waals surface area contributed by atoms with E-state index in [1.165, 1.54) is 13.0 Å². The van der Waals surface area contributed by atoms with Gasteiger partial charge in [-0.1, -0.05) is 23.2 Å². The molecule has 0 atom stereocenters. The van der Waals surface area contributed by atoms with E-state index in [0.29, 0.717) is 0 Å². The van der Waals surface area contributed by atoms with Crippen LogP contribution >= 0.6 is 23.2 Å². The largest absolute Gasteiger partial charge is 0.491 e. The van der Waals surface area contributed by atoms with Crippen molar-refractivity contribution in [3.8, 4) is 5.75 Å². The average molecular weight is 273 g/mol. The third kappa shape index (κ3) is 2.80. The normalized spacial score (nSPS) is 11.4. The van der Waals surface area contributed by atoms with Crippen LogP contribution in [0.5, 0.6) is 5.75 Å². The number of esters is 1. The molecule has 0 spiro atoms. The van der Waals surface area contributed by atoms with E-state index in [-0.39, 0.29) is 21.4 Å². The molecule has 0 heterocycles. The minimum absolute atomic E-state index is 0.0501. The maximum absolute atomic E-state index is 11.9. The van der Waals surface area contributed by atoms with Gasteiger partial charge in [0.15, 0.2) is 0 Å². The Morgan fingerprint density at radius 1 is 1.31 bits per heavy atom. The summed E-state index contributed by atoms with van der Waals surface area (Å²) < 4.78 is 39.9. The number of halogens is 5. The number of alkyl halides is 3. The van der Waals surface area contributed by atoms with E-state index in [2.05, 4.69) is 4.74 Å². The first-order valence-corrected chi connectivity index (χ1v) is 4.72. The van der Waals surface area contributed by atoms with Crippen LogP contribution in [0.3, 0.4) is 0 Å². The highest BCUT2D eigenvalue weighted by atomic mass is 35.5. The number of hydrogen-bond acceptors (Lipinski definition) is 2. The summed E-state index contributed by atoms with van der Waals surface area (Å²) in [6, 6.07) is 2.39. The fraction of sp³-hybridized carbons (Fsp3) is 0.222. The lowest BCUT2D eigenvalue weighted by atomic mass is 10.2. The van der Waals surface area contributed by atoms with Crippen LogP contribution < -0.4 is 4.74 Å². The molecular formula is C9H5Cl2F3O2. The predicted octanol–water partition coefficient (Wildman–Crippen LogP) is 3.77. The van der Waals surface area contributed by atoms with E-state index in [1.807, 2.05) is 0 Å². The molecule has 0 radical (unpaired) electrons. The van der Waals surface area contributed by atoms with Crippen molar-refractivity contribution in [3.05, 3.63) is 27.7 Å². The Hall–Kier alpha value is -0.940. The molecule has 88 valence electrons. The van der Waals surface area contributed by atoms with Gasteiger partial charge in [0.1, 0.15) is 5.75 Å². The first-order valence-electron chi connectivity index (χ1n) is 3.97. The van der Waals surface area contributed by atoms with E-state index in [0.717, 1.165) is 6.07 Å². The van der Waals surface area contributed by atoms with Crippen molar-refractivity contribution < 1.29 is 22.7 Å². The number of carbonyl (C=O) groups is 1. The van der Waals surface area contributed by atoms with Gasteiger partial charge in [-0.3, -0.25) is 0 Å². The van der Waals surface area contributed by atoms with Crippen LogP contribution in [0.4, 0.5) is 13.2 Å². The number of ether oxygens (including phenoxy) is 1. The summed E-state index contributed by atoms with van der Waals surface area (Å²) in [5.41, 5.74) is 0.173. The summed E-state index contributed by atoms with van der Waals surface area (Å²) >= 11 is 11.3. The van der Waals surface area contributed by atoms with Crippen molar-refractivity contribution in [2.75, 3.05) is 0 Å². The predicted molar refractivity (Wildman–Crippen MR) is 52.9 cm³/mol. The summed E-state index contributed by atoms with van der Waals surface area (Å²) in [7, 11) is 0. The first-order chi connectivity index (χ1) is 7.23. The Kier molecular flexibility index (Phi) is 3.70. The van der Waals surface area contributed by atoms with Gasteiger partial charge in [-0.2, -0.15) is 13.2 Å². The first kappa shape index (κ1) is 13.1. The molecule has 0 fully saturated rings. The van der Waals surface area contributed by atoms with Crippen LogP contribution in [0.25, 0.3) is 0 Å². The minimum Gasteiger partial charge on any atom is -0.420 e. The maximum atomic E-state index is 11.9. The second-order valence-electron chi connectivity index (χ2n) is 2.87. The Labute approximate surface area is 98.9 Å². The SMILES string of the molecule is Cc1c(OC(=O)C(F)(F)F)ccc(Cl)c1Cl. The molecule has 0 bridgehead atoms.